The molecule has 1 heterocycles. The van der Waals surface area contributed by atoms with Crippen molar-refractivity contribution in [3.63, 3.8) is 0 Å². The van der Waals surface area contributed by atoms with Crippen molar-refractivity contribution in [1.82, 2.24) is 9.78 Å². The van der Waals surface area contributed by atoms with Crippen LogP contribution < -0.4 is 4.74 Å². The largest absolute Gasteiger partial charge is 0.491 e. The van der Waals surface area contributed by atoms with E-state index in [4.69, 9.17) is 14.6 Å². The van der Waals surface area contributed by atoms with Gasteiger partial charge in [0.15, 0.2) is 0 Å². The van der Waals surface area contributed by atoms with E-state index in [1.165, 1.54) is 0 Å². The van der Waals surface area contributed by atoms with Gasteiger partial charge in [-0.2, -0.15) is 0 Å². The first kappa shape index (κ1) is 16.2. The zero-order valence-electron chi connectivity index (χ0n) is 14.2. The Balaban J connectivity index is 1.69. The fourth-order valence-electron chi connectivity index (χ4n) is 3.06. The van der Waals surface area contributed by atoms with Crippen LogP contribution in [0.25, 0.3) is 27.7 Å². The predicted molar refractivity (Wildman–Crippen MR) is 98.6 cm³/mol. The van der Waals surface area contributed by atoms with Gasteiger partial charge in [0.1, 0.15) is 12.4 Å². The van der Waals surface area contributed by atoms with Gasteiger partial charge in [-0.15, -0.1) is 0 Å². The van der Waals surface area contributed by atoms with Crippen LogP contribution in [0, 0.1) is 0 Å². The molecule has 1 aliphatic carbocycles. The quantitative estimate of drug-likeness (QED) is 0.519. The minimum atomic E-state index is -0.940. The molecule has 0 amide bonds. The summed E-state index contributed by atoms with van der Waals surface area (Å²) in [6, 6.07) is 14.9. The number of aromatic amines is 1. The van der Waals surface area contributed by atoms with Crippen LogP contribution in [0.4, 0.5) is 0 Å². The molecule has 2 N–H and O–H groups in total. The molecule has 4 rings (SSSR count). The van der Waals surface area contributed by atoms with Gasteiger partial charge in [-0.25, -0.2) is 4.79 Å². The van der Waals surface area contributed by atoms with Gasteiger partial charge in [0.25, 0.3) is 0 Å². The minimum absolute atomic E-state index is 0.256. The van der Waals surface area contributed by atoms with Crippen LogP contribution in [-0.2, 0) is 4.74 Å². The number of carboxylic acids is 1. The highest BCUT2D eigenvalue weighted by atomic mass is 16.5. The molecule has 132 valence electrons. The molecule has 0 saturated carbocycles. The number of ether oxygens (including phenoxy) is 2. The highest BCUT2D eigenvalue weighted by Gasteiger charge is 2.15. The molecule has 2 aromatic rings. The van der Waals surface area contributed by atoms with Gasteiger partial charge in [0, 0.05) is 24.3 Å². The van der Waals surface area contributed by atoms with Gasteiger partial charge in [-0.1, -0.05) is 6.07 Å². The zero-order valence-corrected chi connectivity index (χ0v) is 14.2. The van der Waals surface area contributed by atoms with Crippen LogP contribution in [0.2, 0.25) is 0 Å². The molecule has 0 unspecified atom stereocenters. The Bertz CT molecular complexity index is 1050. The van der Waals surface area contributed by atoms with E-state index in [-0.39, 0.29) is 5.56 Å². The Morgan fingerprint density at radius 3 is 2.85 bits per heavy atom. The van der Waals surface area contributed by atoms with Crippen molar-refractivity contribution in [2.75, 3.05) is 20.3 Å². The minimum Gasteiger partial charge on any atom is -0.491 e. The van der Waals surface area contributed by atoms with Crippen LogP contribution in [-0.4, -0.2) is 41.2 Å². The summed E-state index contributed by atoms with van der Waals surface area (Å²) < 4.78 is 12.5. The predicted octanol–water partition coefficient (Wildman–Crippen LogP) is 3.79. The number of carboxylic acid groups (broad SMARTS) is 1. The Labute approximate surface area is 149 Å². The Morgan fingerprint density at radius 2 is 2.04 bits per heavy atom. The second-order valence-corrected chi connectivity index (χ2v) is 6.03. The fraction of sp³-hybridized carbons (Fsp3) is 0.150. The van der Waals surface area contributed by atoms with E-state index in [2.05, 4.69) is 11.2 Å². The summed E-state index contributed by atoms with van der Waals surface area (Å²) in [7, 11) is 1.65. The van der Waals surface area contributed by atoms with Gasteiger partial charge in [0.05, 0.1) is 23.6 Å². The molecule has 0 aromatic heterocycles. The van der Waals surface area contributed by atoms with Gasteiger partial charge >= 0.3 is 5.97 Å². The number of methoxy groups -OCH3 is 1. The highest BCUT2D eigenvalue weighted by molar-refractivity contribution is 6.01. The van der Waals surface area contributed by atoms with Crippen molar-refractivity contribution in [3.8, 4) is 22.7 Å². The Morgan fingerprint density at radius 1 is 1.15 bits per heavy atom. The molecule has 2 aliphatic rings. The van der Waals surface area contributed by atoms with Gasteiger partial charge < -0.3 is 14.6 Å². The third-order valence-electron chi connectivity index (χ3n) is 4.32. The van der Waals surface area contributed by atoms with E-state index in [0.29, 0.717) is 13.2 Å². The lowest BCUT2D eigenvalue weighted by atomic mass is 10.2. The van der Waals surface area contributed by atoms with E-state index < -0.39 is 5.97 Å². The van der Waals surface area contributed by atoms with Crippen LogP contribution in [0.15, 0.2) is 54.7 Å². The highest BCUT2D eigenvalue weighted by Crippen LogP contribution is 2.35. The van der Waals surface area contributed by atoms with Gasteiger partial charge in [-0.05, 0) is 47.9 Å². The van der Waals surface area contributed by atoms with Gasteiger partial charge in [-0.3, -0.25) is 9.78 Å². The maximum absolute atomic E-state index is 11.2. The molecule has 6 nitrogen and oxygen atoms in total. The molecule has 0 bridgehead atoms. The number of benzene rings is 2. The molecule has 2 aromatic carbocycles. The average Bonchev–Trinajstić information content (AvgIpc) is 3.19. The number of fused-ring (bicyclic) bond motifs is 3. The summed E-state index contributed by atoms with van der Waals surface area (Å²) in [6.45, 7) is 1.07. The van der Waals surface area contributed by atoms with Crippen LogP contribution in [0.3, 0.4) is 0 Å². The van der Waals surface area contributed by atoms with E-state index in [9.17, 15) is 4.79 Å². The Hall–Kier alpha value is -3.25. The summed E-state index contributed by atoms with van der Waals surface area (Å²) in [6.07, 6.45) is 1.96. The number of rotatable bonds is 6. The molecular weight excluding hydrogens is 332 g/mol. The van der Waals surface area contributed by atoms with Crippen molar-refractivity contribution in [2.24, 2.45) is 0 Å². The van der Waals surface area contributed by atoms with Crippen LogP contribution in [0.5, 0.6) is 5.75 Å². The number of hydrogen-bond acceptors (Lipinski definition) is 3. The maximum Gasteiger partial charge on any atom is 0.335 e. The first-order valence-electron chi connectivity index (χ1n) is 8.25. The first-order valence-corrected chi connectivity index (χ1v) is 8.25. The fourth-order valence-corrected chi connectivity index (χ4v) is 3.06. The van der Waals surface area contributed by atoms with Gasteiger partial charge in [0.2, 0.25) is 0 Å². The van der Waals surface area contributed by atoms with E-state index >= 15 is 0 Å². The van der Waals surface area contributed by atoms with E-state index in [0.717, 1.165) is 33.5 Å². The number of aromatic carboxylic acids is 1. The van der Waals surface area contributed by atoms with Crippen molar-refractivity contribution < 1.29 is 19.4 Å². The third kappa shape index (κ3) is 2.91. The van der Waals surface area contributed by atoms with Crippen molar-refractivity contribution in [3.05, 3.63) is 60.3 Å². The van der Waals surface area contributed by atoms with Crippen LogP contribution in [0.1, 0.15) is 10.4 Å². The lowest BCUT2D eigenvalue weighted by Gasteiger charge is -2.06. The molecule has 0 spiro atoms. The standard InChI is InChI=1S/C20H18N2O4/c1-25-7-8-26-17-5-6-18-14(11-17)9-15-12-22(21-19(15)18)16-4-2-3-13(10-16)20(23)24/h2-6,9-12,21H,7-8H2,1H3,(H,23,24). The summed E-state index contributed by atoms with van der Waals surface area (Å²) in [5, 5.41) is 14.7. The second-order valence-electron chi connectivity index (χ2n) is 6.03. The van der Waals surface area contributed by atoms with Crippen molar-refractivity contribution in [2.45, 2.75) is 0 Å². The number of carbonyl (C=O) groups is 1. The zero-order chi connectivity index (χ0) is 18.1. The molecule has 0 fully saturated rings. The monoisotopic (exact) mass is 350 g/mol. The molecule has 1 aliphatic heterocycles. The van der Waals surface area contributed by atoms with Crippen LogP contribution >= 0.6 is 0 Å². The number of nitrogens with one attached hydrogen (secondary N) is 1. The summed E-state index contributed by atoms with van der Waals surface area (Å²) in [5.74, 6) is -0.131. The summed E-state index contributed by atoms with van der Waals surface area (Å²) in [4.78, 5) is 11.2. The smallest absolute Gasteiger partial charge is 0.335 e. The molecule has 0 saturated heterocycles. The normalized spacial score (nSPS) is 11.3. The lowest BCUT2D eigenvalue weighted by molar-refractivity contribution is 0.0697. The lowest BCUT2D eigenvalue weighted by Crippen LogP contribution is -2.03. The summed E-state index contributed by atoms with van der Waals surface area (Å²) >= 11 is 0. The molecule has 0 radical (unpaired) electrons. The summed E-state index contributed by atoms with van der Waals surface area (Å²) in [5.41, 5.74) is 3.08. The average molecular weight is 350 g/mol. The third-order valence-corrected chi connectivity index (χ3v) is 4.32. The first-order chi connectivity index (χ1) is 12.7. The number of hydrogen-bond donors (Lipinski definition) is 2. The van der Waals surface area contributed by atoms with E-state index in [1.807, 2.05) is 35.1 Å². The second kappa shape index (κ2) is 6.57. The Kier molecular flexibility index (Phi) is 4.10. The molecule has 6 heteroatoms. The van der Waals surface area contributed by atoms with E-state index in [1.54, 1.807) is 25.3 Å². The molecule has 0 atom stereocenters. The molecule has 26 heavy (non-hydrogen) atoms. The van der Waals surface area contributed by atoms with Crippen molar-refractivity contribution in [1.29, 1.82) is 0 Å². The number of H-pyrrole nitrogens is 1. The SMILES string of the molecule is COCCOc1ccc2c3[nH]n(-c4cccc(C(=O)O)c4)cc-3cc2c1. The number of aromatic nitrogens is 2. The number of nitrogens with zero attached hydrogens (tertiary/aromatic N) is 1. The van der Waals surface area contributed by atoms with Crippen molar-refractivity contribution >= 4 is 16.7 Å². The topological polar surface area (TPSA) is 76.5 Å². The molecular formula is C20H18N2O4. The maximum atomic E-state index is 11.2.